The number of aliphatic hydroxyl groups excluding tert-OH is 1. The molecule has 1 spiro atoms. The Labute approximate surface area is 164 Å². The quantitative estimate of drug-likeness (QED) is 0.851. The molecule has 2 N–H and O–H groups in total. The molecule has 2 amide bonds. The molecule has 1 aromatic carbocycles. The lowest BCUT2D eigenvalue weighted by Crippen LogP contribution is -2.50. The van der Waals surface area contributed by atoms with Crippen LogP contribution in [0.5, 0.6) is 11.8 Å². The minimum atomic E-state index is -0.388. The van der Waals surface area contributed by atoms with Gasteiger partial charge in [-0.2, -0.15) is 4.98 Å². The summed E-state index contributed by atoms with van der Waals surface area (Å²) in [6, 6.07) is 11.5. The second kappa shape index (κ2) is 7.31. The van der Waals surface area contributed by atoms with E-state index in [0.29, 0.717) is 37.0 Å². The first-order valence-electron chi connectivity index (χ1n) is 9.49. The van der Waals surface area contributed by atoms with Gasteiger partial charge in [0, 0.05) is 24.6 Å². The summed E-state index contributed by atoms with van der Waals surface area (Å²) in [7, 11) is 3.03. The fourth-order valence-electron chi connectivity index (χ4n) is 4.46. The number of carbonyl (C=O) groups excluding carboxylic acids is 1. The van der Waals surface area contributed by atoms with E-state index in [1.807, 2.05) is 12.1 Å². The third kappa shape index (κ3) is 3.05. The van der Waals surface area contributed by atoms with E-state index in [1.54, 1.807) is 17.0 Å². The number of methoxy groups -OCH3 is 2. The number of nitrogens with zero attached hydrogens (tertiary/aromatic N) is 2. The van der Waals surface area contributed by atoms with E-state index >= 15 is 0 Å². The molecule has 0 saturated carbocycles. The highest BCUT2D eigenvalue weighted by Crippen LogP contribution is 2.46. The molecule has 1 atom stereocenters. The minimum Gasteiger partial charge on any atom is -0.481 e. The van der Waals surface area contributed by atoms with Gasteiger partial charge in [-0.25, -0.2) is 4.79 Å². The largest absolute Gasteiger partial charge is 0.481 e. The van der Waals surface area contributed by atoms with Crippen molar-refractivity contribution in [1.82, 2.24) is 9.88 Å². The summed E-state index contributed by atoms with van der Waals surface area (Å²) in [5.41, 5.74) is 2.72. The van der Waals surface area contributed by atoms with Crippen molar-refractivity contribution in [3.8, 4) is 11.8 Å². The number of nitrogens with one attached hydrogen (secondary N) is 1. The molecule has 1 aromatic heterocycles. The summed E-state index contributed by atoms with van der Waals surface area (Å²) < 4.78 is 10.3. The van der Waals surface area contributed by atoms with Gasteiger partial charge in [-0.3, -0.25) is 0 Å². The second-order valence-electron chi connectivity index (χ2n) is 7.36. The number of anilines is 1. The van der Waals surface area contributed by atoms with E-state index in [9.17, 15) is 9.90 Å². The molecule has 4 rings (SSSR count). The third-order valence-corrected chi connectivity index (χ3v) is 6.03. The van der Waals surface area contributed by atoms with Gasteiger partial charge >= 0.3 is 6.03 Å². The molecule has 28 heavy (non-hydrogen) atoms. The number of hydrogen-bond donors (Lipinski definition) is 2. The lowest BCUT2D eigenvalue weighted by molar-refractivity contribution is 0.0531. The normalized spacial score (nSPS) is 20.0. The number of urea groups is 1. The highest BCUT2D eigenvalue weighted by molar-refractivity contribution is 5.90. The average Bonchev–Trinajstić information content (AvgIpc) is 3.00. The number of benzene rings is 1. The summed E-state index contributed by atoms with van der Waals surface area (Å²) in [5.74, 6) is 0.727. The maximum absolute atomic E-state index is 12.8. The maximum Gasteiger partial charge on any atom is 0.321 e. The average molecular weight is 383 g/mol. The first-order chi connectivity index (χ1) is 13.6. The number of hydrogen-bond acceptors (Lipinski definition) is 5. The van der Waals surface area contributed by atoms with Gasteiger partial charge in [0.15, 0.2) is 0 Å². The van der Waals surface area contributed by atoms with Crippen LogP contribution in [-0.2, 0) is 11.8 Å². The molecule has 0 bridgehead atoms. The van der Waals surface area contributed by atoms with Crippen molar-refractivity contribution in [2.24, 2.45) is 0 Å². The Kier molecular flexibility index (Phi) is 4.85. The molecular formula is C21H25N3O4. The molecular weight excluding hydrogens is 358 g/mol. The second-order valence-corrected chi connectivity index (χ2v) is 7.36. The van der Waals surface area contributed by atoms with Gasteiger partial charge < -0.3 is 24.8 Å². The van der Waals surface area contributed by atoms with E-state index in [1.165, 1.54) is 25.3 Å². The number of ether oxygens (including phenoxy) is 2. The summed E-state index contributed by atoms with van der Waals surface area (Å²) in [6.45, 7) is 1.17. The molecule has 2 aliphatic rings. The smallest absolute Gasteiger partial charge is 0.321 e. The zero-order valence-electron chi connectivity index (χ0n) is 16.1. The van der Waals surface area contributed by atoms with Crippen LogP contribution in [0.3, 0.4) is 0 Å². The molecule has 0 radical (unpaired) electrons. The maximum atomic E-state index is 12.8. The van der Waals surface area contributed by atoms with Gasteiger partial charge in [0.1, 0.15) is 5.69 Å². The fourth-order valence-corrected chi connectivity index (χ4v) is 4.46. The molecule has 7 nitrogen and oxygen atoms in total. The number of rotatable bonds is 3. The van der Waals surface area contributed by atoms with E-state index in [2.05, 4.69) is 22.4 Å². The van der Waals surface area contributed by atoms with Crippen LogP contribution in [-0.4, -0.2) is 54.4 Å². The number of piperidine rings is 1. The minimum absolute atomic E-state index is 0.194. The zero-order valence-corrected chi connectivity index (χ0v) is 16.1. The number of likely N-dealkylation sites (tertiary alicyclic amines) is 1. The van der Waals surface area contributed by atoms with Crippen molar-refractivity contribution in [3.05, 3.63) is 47.5 Å². The first-order valence-corrected chi connectivity index (χ1v) is 9.49. The number of pyridine rings is 1. The van der Waals surface area contributed by atoms with E-state index in [4.69, 9.17) is 9.47 Å². The predicted molar refractivity (Wildman–Crippen MR) is 105 cm³/mol. The first kappa shape index (κ1) is 18.6. The Balaban J connectivity index is 1.45. The Morgan fingerprint density at radius 3 is 2.64 bits per heavy atom. The van der Waals surface area contributed by atoms with Gasteiger partial charge in [-0.1, -0.05) is 24.3 Å². The van der Waals surface area contributed by atoms with Crippen molar-refractivity contribution in [2.45, 2.75) is 30.8 Å². The van der Waals surface area contributed by atoms with Crippen LogP contribution < -0.4 is 14.8 Å². The van der Waals surface area contributed by atoms with Crippen molar-refractivity contribution in [3.63, 3.8) is 0 Å². The van der Waals surface area contributed by atoms with Crippen LogP contribution in [0.15, 0.2) is 36.4 Å². The molecule has 148 valence electrons. The third-order valence-electron chi connectivity index (χ3n) is 6.03. The SMILES string of the molecule is COc1ccc(NC(=O)N2CCC3(CC2)c2ccccc2C[C@@H]3O)c(OC)n1. The van der Waals surface area contributed by atoms with Crippen molar-refractivity contribution in [1.29, 1.82) is 0 Å². The number of aliphatic hydroxyl groups is 1. The van der Waals surface area contributed by atoms with Gasteiger partial charge in [0.25, 0.3) is 0 Å². The Bertz CT molecular complexity index is 878. The fraction of sp³-hybridized carbons (Fsp3) is 0.429. The molecule has 1 fully saturated rings. The van der Waals surface area contributed by atoms with Crippen molar-refractivity contribution in [2.75, 3.05) is 32.6 Å². The van der Waals surface area contributed by atoms with E-state index in [0.717, 1.165) is 12.8 Å². The summed E-state index contributed by atoms with van der Waals surface area (Å²) >= 11 is 0. The highest BCUT2D eigenvalue weighted by atomic mass is 16.5. The standard InChI is InChI=1S/C21H25N3O4/c1-27-18-8-7-16(19(23-18)28-2)22-20(26)24-11-9-21(10-12-24)15-6-4-3-5-14(15)13-17(21)25/h3-8,17,25H,9-13H2,1-2H3,(H,22,26)/t17-/m0/s1. The van der Waals surface area contributed by atoms with Crippen LogP contribution in [0.1, 0.15) is 24.0 Å². The predicted octanol–water partition coefficient (Wildman–Crippen LogP) is 2.58. The van der Waals surface area contributed by atoms with Gasteiger partial charge in [-0.15, -0.1) is 0 Å². The van der Waals surface area contributed by atoms with Crippen LogP contribution >= 0.6 is 0 Å². The number of fused-ring (bicyclic) bond motifs is 2. The zero-order chi connectivity index (χ0) is 19.7. The van der Waals surface area contributed by atoms with E-state index in [-0.39, 0.29) is 17.6 Å². The highest BCUT2D eigenvalue weighted by Gasteiger charge is 2.48. The molecule has 2 aromatic rings. The van der Waals surface area contributed by atoms with Gasteiger partial charge in [-0.05, 0) is 36.5 Å². The van der Waals surface area contributed by atoms with Crippen molar-refractivity contribution >= 4 is 11.7 Å². The lowest BCUT2D eigenvalue weighted by Gasteiger charge is -2.42. The lowest BCUT2D eigenvalue weighted by atomic mass is 9.72. The summed E-state index contributed by atoms with van der Waals surface area (Å²) in [5, 5.41) is 13.6. The summed E-state index contributed by atoms with van der Waals surface area (Å²) in [6.07, 6.45) is 1.80. The number of carbonyl (C=O) groups is 1. The monoisotopic (exact) mass is 383 g/mol. The Hall–Kier alpha value is -2.80. The Morgan fingerprint density at radius 1 is 1.18 bits per heavy atom. The van der Waals surface area contributed by atoms with Crippen LogP contribution in [0.25, 0.3) is 0 Å². The summed E-state index contributed by atoms with van der Waals surface area (Å²) in [4.78, 5) is 18.7. The topological polar surface area (TPSA) is 83.9 Å². The molecule has 0 unspecified atom stereocenters. The molecule has 2 heterocycles. The van der Waals surface area contributed by atoms with Crippen LogP contribution in [0, 0.1) is 0 Å². The van der Waals surface area contributed by atoms with Gasteiger partial charge in [0.2, 0.25) is 11.8 Å². The molecule has 1 aliphatic carbocycles. The van der Waals surface area contributed by atoms with Gasteiger partial charge in [0.05, 0.1) is 20.3 Å². The Morgan fingerprint density at radius 2 is 1.93 bits per heavy atom. The molecule has 7 heteroatoms. The van der Waals surface area contributed by atoms with Crippen LogP contribution in [0.4, 0.5) is 10.5 Å². The van der Waals surface area contributed by atoms with Crippen molar-refractivity contribution < 1.29 is 19.4 Å². The number of aromatic nitrogens is 1. The van der Waals surface area contributed by atoms with Crippen LogP contribution in [0.2, 0.25) is 0 Å². The van der Waals surface area contributed by atoms with E-state index < -0.39 is 0 Å². The molecule has 1 aliphatic heterocycles. The number of amides is 2. The molecule has 1 saturated heterocycles.